The Morgan fingerprint density at radius 1 is 1.11 bits per heavy atom. The molecular formula is C13H20O4Si. The predicted molar refractivity (Wildman–Crippen MR) is 70.7 cm³/mol. The number of rotatable bonds is 4. The fraction of sp³-hybridized carbons (Fsp3) is 0.538. The van der Waals surface area contributed by atoms with Crippen molar-refractivity contribution in [3.63, 3.8) is 0 Å². The van der Waals surface area contributed by atoms with Crippen LogP contribution in [0.15, 0.2) is 30.3 Å². The number of ether oxygens (including phenoxy) is 2. The summed E-state index contributed by atoms with van der Waals surface area (Å²) < 4.78 is 22.8. The number of hydrogen-bond acceptors (Lipinski definition) is 4. The Bertz CT molecular complexity index is 380. The fourth-order valence-corrected chi connectivity index (χ4v) is 5.56. The Balaban J connectivity index is 2.33. The molecule has 18 heavy (non-hydrogen) atoms. The second-order valence-electron chi connectivity index (χ2n) is 4.37. The highest BCUT2D eigenvalue weighted by molar-refractivity contribution is 6.81. The van der Waals surface area contributed by atoms with Gasteiger partial charge in [-0.3, -0.25) is 0 Å². The molecule has 0 bridgehead atoms. The Morgan fingerprint density at radius 3 is 2.33 bits per heavy atom. The molecule has 0 N–H and O–H groups in total. The molecule has 1 saturated heterocycles. The molecule has 0 spiro atoms. The smallest absolute Gasteiger partial charge is 0.376 e. The van der Waals surface area contributed by atoms with Crippen molar-refractivity contribution < 1.29 is 18.3 Å². The average molecular weight is 268 g/mol. The van der Waals surface area contributed by atoms with Gasteiger partial charge in [0.05, 0.1) is 0 Å². The van der Waals surface area contributed by atoms with Crippen molar-refractivity contribution in [3.8, 4) is 0 Å². The molecule has 1 atom stereocenters. The standard InChI is InChI=1S/C13H20O4Si/c1-14-13(15-2)10-7-11-18(16-3,17-13)12-8-5-4-6-9-12/h4-6,8-9H,7,10-11H2,1-3H3. The van der Waals surface area contributed by atoms with Crippen LogP contribution in [0.25, 0.3) is 0 Å². The SMILES string of the molecule is COC1(OC)CCC[Si](OC)(c2ccccc2)O1. The zero-order valence-electron chi connectivity index (χ0n) is 11.1. The van der Waals surface area contributed by atoms with E-state index in [0.717, 1.165) is 24.1 Å². The molecule has 0 aliphatic carbocycles. The topological polar surface area (TPSA) is 36.9 Å². The van der Waals surface area contributed by atoms with Crippen LogP contribution in [-0.4, -0.2) is 35.9 Å². The van der Waals surface area contributed by atoms with Crippen LogP contribution < -0.4 is 5.19 Å². The second kappa shape index (κ2) is 5.50. The van der Waals surface area contributed by atoms with Gasteiger partial charge in [0.15, 0.2) is 0 Å². The Kier molecular flexibility index (Phi) is 4.19. The first-order valence-electron chi connectivity index (χ1n) is 6.11. The Hall–Kier alpha value is -0.723. The lowest BCUT2D eigenvalue weighted by atomic mass is 10.3. The molecule has 1 aliphatic heterocycles. The molecule has 100 valence electrons. The molecule has 1 aromatic rings. The number of methoxy groups -OCH3 is 2. The molecule has 1 fully saturated rings. The van der Waals surface area contributed by atoms with Crippen molar-refractivity contribution in [2.24, 2.45) is 0 Å². The van der Waals surface area contributed by atoms with Gasteiger partial charge in [0, 0.05) is 27.8 Å². The summed E-state index contributed by atoms with van der Waals surface area (Å²) in [4.78, 5) is 0. The minimum Gasteiger partial charge on any atom is -0.394 e. The zero-order chi connectivity index (χ0) is 13.1. The van der Waals surface area contributed by atoms with Gasteiger partial charge in [0.1, 0.15) is 0 Å². The van der Waals surface area contributed by atoms with Crippen LogP contribution in [-0.2, 0) is 18.3 Å². The molecule has 0 radical (unpaired) electrons. The third kappa shape index (κ3) is 2.37. The lowest BCUT2D eigenvalue weighted by Crippen LogP contribution is -2.62. The highest BCUT2D eigenvalue weighted by atomic mass is 28.4. The van der Waals surface area contributed by atoms with Gasteiger partial charge in [-0.25, -0.2) is 0 Å². The van der Waals surface area contributed by atoms with E-state index in [2.05, 4.69) is 12.1 Å². The van der Waals surface area contributed by atoms with Crippen molar-refractivity contribution in [1.29, 1.82) is 0 Å². The second-order valence-corrected chi connectivity index (χ2v) is 7.57. The van der Waals surface area contributed by atoms with Crippen molar-refractivity contribution >= 4 is 13.7 Å². The van der Waals surface area contributed by atoms with E-state index < -0.39 is 14.5 Å². The Morgan fingerprint density at radius 2 is 1.78 bits per heavy atom. The largest absolute Gasteiger partial charge is 0.394 e. The quantitative estimate of drug-likeness (QED) is 0.616. The van der Waals surface area contributed by atoms with Crippen molar-refractivity contribution in [2.45, 2.75) is 24.9 Å². The molecule has 2 rings (SSSR count). The summed E-state index contributed by atoms with van der Waals surface area (Å²) in [7, 11) is 2.46. The van der Waals surface area contributed by atoms with E-state index in [1.54, 1.807) is 21.3 Å². The fourth-order valence-electron chi connectivity index (χ4n) is 2.42. The Labute approximate surface area is 109 Å². The first-order valence-corrected chi connectivity index (χ1v) is 8.14. The van der Waals surface area contributed by atoms with Crippen LogP contribution in [0, 0.1) is 0 Å². The van der Waals surface area contributed by atoms with Crippen LogP contribution in [0.4, 0.5) is 0 Å². The first kappa shape index (κ1) is 13.7. The predicted octanol–water partition coefficient (Wildman–Crippen LogP) is 1.74. The van der Waals surface area contributed by atoms with E-state index in [0.29, 0.717) is 0 Å². The molecule has 1 heterocycles. The molecular weight excluding hydrogens is 248 g/mol. The van der Waals surface area contributed by atoms with Gasteiger partial charge in [0.2, 0.25) is 0 Å². The van der Waals surface area contributed by atoms with Gasteiger partial charge >= 0.3 is 8.56 Å². The van der Waals surface area contributed by atoms with Crippen LogP contribution in [0.3, 0.4) is 0 Å². The monoisotopic (exact) mass is 268 g/mol. The van der Waals surface area contributed by atoms with Crippen LogP contribution >= 0.6 is 0 Å². The van der Waals surface area contributed by atoms with Crippen LogP contribution in [0.2, 0.25) is 6.04 Å². The number of hydrogen-bond donors (Lipinski definition) is 0. The maximum absolute atomic E-state index is 6.17. The summed E-state index contributed by atoms with van der Waals surface area (Å²) in [5.41, 5.74) is 0. The highest BCUT2D eigenvalue weighted by Gasteiger charge is 2.51. The van der Waals surface area contributed by atoms with E-state index in [1.165, 1.54) is 0 Å². The summed E-state index contributed by atoms with van der Waals surface area (Å²) in [6.45, 7) is 0. The maximum atomic E-state index is 6.17. The molecule has 0 amide bonds. The summed E-state index contributed by atoms with van der Waals surface area (Å²) in [5.74, 6) is -0.962. The summed E-state index contributed by atoms with van der Waals surface area (Å²) in [6, 6.07) is 11.0. The van der Waals surface area contributed by atoms with Crippen molar-refractivity contribution in [1.82, 2.24) is 0 Å². The zero-order valence-corrected chi connectivity index (χ0v) is 12.1. The third-order valence-electron chi connectivity index (χ3n) is 3.47. The molecule has 0 saturated carbocycles. The minimum atomic E-state index is -2.46. The van der Waals surface area contributed by atoms with Crippen molar-refractivity contribution in [2.75, 3.05) is 21.3 Å². The van der Waals surface area contributed by atoms with Crippen molar-refractivity contribution in [3.05, 3.63) is 30.3 Å². The van der Waals surface area contributed by atoms with E-state index >= 15 is 0 Å². The third-order valence-corrected chi connectivity index (χ3v) is 7.00. The highest BCUT2D eigenvalue weighted by Crippen LogP contribution is 2.34. The molecule has 1 aliphatic rings. The van der Waals surface area contributed by atoms with Gasteiger partial charge in [0.25, 0.3) is 5.97 Å². The van der Waals surface area contributed by atoms with E-state index in [4.69, 9.17) is 18.3 Å². The summed E-state index contributed by atoms with van der Waals surface area (Å²) >= 11 is 0. The molecule has 0 aromatic heterocycles. The minimum absolute atomic E-state index is 0.727. The van der Waals surface area contributed by atoms with Gasteiger partial charge in [-0.05, 0) is 17.7 Å². The summed E-state index contributed by atoms with van der Waals surface area (Å²) in [6.07, 6.45) is 1.70. The lowest BCUT2D eigenvalue weighted by molar-refractivity contribution is -0.339. The van der Waals surface area contributed by atoms with Gasteiger partial charge in [-0.2, -0.15) is 0 Å². The number of benzene rings is 1. The molecule has 4 nitrogen and oxygen atoms in total. The van der Waals surface area contributed by atoms with Crippen LogP contribution in [0.5, 0.6) is 0 Å². The average Bonchev–Trinajstić information content (AvgIpc) is 2.48. The maximum Gasteiger partial charge on any atom is 0.376 e. The summed E-state index contributed by atoms with van der Waals surface area (Å²) in [5, 5.41) is 1.12. The van der Waals surface area contributed by atoms with E-state index in [-0.39, 0.29) is 0 Å². The first-order chi connectivity index (χ1) is 8.70. The molecule has 5 heteroatoms. The van der Waals surface area contributed by atoms with Crippen LogP contribution in [0.1, 0.15) is 12.8 Å². The van der Waals surface area contributed by atoms with E-state index in [9.17, 15) is 0 Å². The lowest BCUT2D eigenvalue weighted by Gasteiger charge is -2.43. The van der Waals surface area contributed by atoms with Gasteiger partial charge in [-0.1, -0.05) is 30.3 Å². The van der Waals surface area contributed by atoms with Gasteiger partial charge in [-0.15, -0.1) is 0 Å². The van der Waals surface area contributed by atoms with Gasteiger partial charge < -0.3 is 18.3 Å². The normalized spacial score (nSPS) is 27.1. The molecule has 1 unspecified atom stereocenters. The molecule has 1 aromatic carbocycles. The van der Waals surface area contributed by atoms with E-state index in [1.807, 2.05) is 18.2 Å².